The fraction of sp³-hybridized carbons (Fsp3) is 0.308. The zero-order valence-corrected chi connectivity index (χ0v) is 18.4. The lowest BCUT2D eigenvalue weighted by atomic mass is 9.90. The van der Waals surface area contributed by atoms with Crippen molar-refractivity contribution in [3.63, 3.8) is 0 Å². The standard InChI is InChI=1S/C26H25F2N3O2/c1-29-26(32)22-14-17-5-2-3-7-19(17)25(30-22)31-10-4-6-18-13-20(16-8-11-33-12-9-16)21(24(27)28)15-23(18)31/h2-3,5,7-8,13-15,24H,4,6,9-12H2,1H3,(H,29,32). The number of nitrogens with zero attached hydrogens (tertiary/aromatic N) is 2. The van der Waals surface area contributed by atoms with E-state index in [1.807, 2.05) is 41.3 Å². The number of fused-ring (bicyclic) bond motifs is 2. The van der Waals surface area contributed by atoms with Crippen LogP contribution in [0.5, 0.6) is 0 Å². The molecule has 33 heavy (non-hydrogen) atoms. The van der Waals surface area contributed by atoms with Crippen LogP contribution in [-0.4, -0.2) is 37.7 Å². The Balaban J connectivity index is 1.69. The number of benzene rings is 2. The van der Waals surface area contributed by atoms with E-state index in [-0.39, 0.29) is 11.5 Å². The number of carbonyl (C=O) groups excluding carboxylic acids is 1. The molecular weight excluding hydrogens is 424 g/mol. The molecule has 2 aromatic carbocycles. The molecule has 2 aliphatic rings. The van der Waals surface area contributed by atoms with Gasteiger partial charge in [-0.2, -0.15) is 0 Å². The number of carbonyl (C=O) groups is 1. The number of aryl methyl sites for hydroxylation is 1. The Morgan fingerprint density at radius 2 is 2.03 bits per heavy atom. The van der Waals surface area contributed by atoms with Gasteiger partial charge in [-0.15, -0.1) is 0 Å². The van der Waals surface area contributed by atoms with Gasteiger partial charge in [-0.25, -0.2) is 13.8 Å². The second kappa shape index (κ2) is 8.90. The molecule has 0 bridgehead atoms. The average Bonchev–Trinajstić information content (AvgIpc) is 2.86. The molecule has 0 saturated heterocycles. The van der Waals surface area contributed by atoms with E-state index in [1.54, 1.807) is 19.2 Å². The zero-order chi connectivity index (χ0) is 22.9. The molecule has 0 unspecified atom stereocenters. The van der Waals surface area contributed by atoms with E-state index in [0.29, 0.717) is 43.3 Å². The number of pyridine rings is 1. The summed E-state index contributed by atoms with van der Waals surface area (Å²) in [4.78, 5) is 19.1. The SMILES string of the molecule is CNC(=O)c1cc2ccccc2c(N2CCCc3cc(C4=CCOCC4)c(C(F)F)cc32)n1. The Bertz CT molecular complexity index is 1260. The number of hydrogen-bond acceptors (Lipinski definition) is 4. The molecule has 3 heterocycles. The average molecular weight is 450 g/mol. The summed E-state index contributed by atoms with van der Waals surface area (Å²) in [6.45, 7) is 1.63. The molecule has 170 valence electrons. The molecule has 5 rings (SSSR count). The predicted octanol–water partition coefficient (Wildman–Crippen LogP) is 5.42. The predicted molar refractivity (Wildman–Crippen MR) is 125 cm³/mol. The number of rotatable bonds is 4. The molecule has 0 radical (unpaired) electrons. The number of ether oxygens (including phenoxy) is 1. The normalized spacial score (nSPS) is 16.0. The van der Waals surface area contributed by atoms with E-state index in [9.17, 15) is 13.6 Å². The minimum Gasteiger partial charge on any atom is -0.377 e. The minimum atomic E-state index is -2.60. The second-order valence-electron chi connectivity index (χ2n) is 8.31. The number of nitrogens with one attached hydrogen (secondary N) is 1. The number of alkyl halides is 2. The molecule has 0 fully saturated rings. The van der Waals surface area contributed by atoms with Crippen molar-refractivity contribution in [1.82, 2.24) is 10.3 Å². The zero-order valence-electron chi connectivity index (χ0n) is 18.4. The lowest BCUT2D eigenvalue weighted by molar-refractivity contribution is 0.0958. The third-order valence-electron chi connectivity index (χ3n) is 6.35. The van der Waals surface area contributed by atoms with Gasteiger partial charge in [0.05, 0.1) is 13.2 Å². The molecule has 7 heteroatoms. The van der Waals surface area contributed by atoms with Gasteiger partial charge in [0.15, 0.2) is 0 Å². The summed E-state index contributed by atoms with van der Waals surface area (Å²) in [6.07, 6.45) is 1.60. The van der Waals surface area contributed by atoms with E-state index in [1.165, 1.54) is 0 Å². The van der Waals surface area contributed by atoms with Crippen LogP contribution >= 0.6 is 0 Å². The number of aromatic nitrogens is 1. The van der Waals surface area contributed by atoms with Crippen molar-refractivity contribution in [3.05, 3.63) is 70.9 Å². The van der Waals surface area contributed by atoms with Crippen molar-refractivity contribution in [2.24, 2.45) is 0 Å². The Labute approximate surface area is 191 Å². The molecule has 0 spiro atoms. The van der Waals surface area contributed by atoms with Crippen LogP contribution in [0.15, 0.2) is 48.5 Å². The van der Waals surface area contributed by atoms with Gasteiger partial charge in [0.1, 0.15) is 11.5 Å². The Morgan fingerprint density at radius 1 is 1.18 bits per heavy atom. The summed E-state index contributed by atoms with van der Waals surface area (Å²) in [5, 5.41) is 4.39. The molecule has 1 amide bonds. The van der Waals surface area contributed by atoms with Crippen molar-refractivity contribution >= 4 is 33.8 Å². The highest BCUT2D eigenvalue weighted by atomic mass is 19.3. The molecule has 3 aromatic rings. The lowest BCUT2D eigenvalue weighted by Crippen LogP contribution is -2.27. The second-order valence-corrected chi connectivity index (χ2v) is 8.31. The van der Waals surface area contributed by atoms with Gasteiger partial charge >= 0.3 is 0 Å². The molecule has 5 nitrogen and oxygen atoms in total. The summed E-state index contributed by atoms with van der Waals surface area (Å²) in [5.41, 5.74) is 3.62. The van der Waals surface area contributed by atoms with Crippen molar-refractivity contribution in [2.75, 3.05) is 31.7 Å². The van der Waals surface area contributed by atoms with Crippen LogP contribution < -0.4 is 10.2 Å². The first-order valence-electron chi connectivity index (χ1n) is 11.2. The van der Waals surface area contributed by atoms with Gasteiger partial charge in [-0.05, 0) is 59.5 Å². The molecular formula is C26H25F2N3O2. The summed E-state index contributed by atoms with van der Waals surface area (Å²) in [5.74, 6) is 0.334. The highest BCUT2D eigenvalue weighted by Crippen LogP contribution is 2.42. The van der Waals surface area contributed by atoms with Gasteiger partial charge in [-0.1, -0.05) is 30.3 Å². The number of amides is 1. The monoisotopic (exact) mass is 449 g/mol. The fourth-order valence-electron chi connectivity index (χ4n) is 4.73. The fourth-order valence-corrected chi connectivity index (χ4v) is 4.73. The van der Waals surface area contributed by atoms with E-state index < -0.39 is 6.43 Å². The van der Waals surface area contributed by atoms with Crippen molar-refractivity contribution in [3.8, 4) is 0 Å². The minimum absolute atomic E-state index is 0.0283. The summed E-state index contributed by atoms with van der Waals surface area (Å²) in [7, 11) is 1.57. The molecule has 2 aliphatic heterocycles. The molecule has 1 N–H and O–H groups in total. The van der Waals surface area contributed by atoms with E-state index in [2.05, 4.69) is 10.3 Å². The van der Waals surface area contributed by atoms with Crippen molar-refractivity contribution in [2.45, 2.75) is 25.7 Å². The van der Waals surface area contributed by atoms with Gasteiger partial charge in [-0.3, -0.25) is 4.79 Å². The molecule has 0 saturated carbocycles. The maximum absolute atomic E-state index is 14.2. The van der Waals surface area contributed by atoms with Gasteiger partial charge in [0, 0.05) is 30.2 Å². The van der Waals surface area contributed by atoms with Crippen LogP contribution in [0.25, 0.3) is 16.3 Å². The summed E-state index contributed by atoms with van der Waals surface area (Å²) >= 11 is 0. The van der Waals surface area contributed by atoms with Gasteiger partial charge < -0.3 is 15.0 Å². The first kappa shape index (κ1) is 21.5. The van der Waals surface area contributed by atoms with Crippen molar-refractivity contribution < 1.29 is 18.3 Å². The molecule has 0 aliphatic carbocycles. The Kier molecular flexibility index (Phi) is 5.81. The smallest absolute Gasteiger partial charge is 0.269 e. The van der Waals surface area contributed by atoms with Gasteiger partial charge in [0.2, 0.25) is 0 Å². The van der Waals surface area contributed by atoms with Crippen LogP contribution in [0.4, 0.5) is 20.3 Å². The highest BCUT2D eigenvalue weighted by Gasteiger charge is 2.27. The summed E-state index contributed by atoms with van der Waals surface area (Å²) in [6, 6.07) is 13.0. The third kappa shape index (κ3) is 3.97. The Hall–Kier alpha value is -3.32. The first-order valence-corrected chi connectivity index (χ1v) is 11.2. The van der Waals surface area contributed by atoms with Crippen molar-refractivity contribution in [1.29, 1.82) is 0 Å². The van der Waals surface area contributed by atoms with Crippen LogP contribution in [0.3, 0.4) is 0 Å². The van der Waals surface area contributed by atoms with Crippen LogP contribution in [0.1, 0.15) is 46.4 Å². The Morgan fingerprint density at radius 3 is 2.79 bits per heavy atom. The molecule has 1 aromatic heterocycles. The van der Waals surface area contributed by atoms with Gasteiger partial charge in [0.25, 0.3) is 12.3 Å². The third-order valence-corrected chi connectivity index (χ3v) is 6.35. The number of halogens is 2. The maximum atomic E-state index is 14.2. The first-order chi connectivity index (χ1) is 16.1. The largest absolute Gasteiger partial charge is 0.377 e. The van der Waals surface area contributed by atoms with E-state index in [0.717, 1.165) is 40.4 Å². The lowest BCUT2D eigenvalue weighted by Gasteiger charge is -2.33. The topological polar surface area (TPSA) is 54.5 Å². The number of anilines is 2. The van der Waals surface area contributed by atoms with Crippen LogP contribution in [0, 0.1) is 0 Å². The van der Waals surface area contributed by atoms with E-state index in [4.69, 9.17) is 4.74 Å². The maximum Gasteiger partial charge on any atom is 0.269 e. The van der Waals surface area contributed by atoms with Crippen LogP contribution in [0.2, 0.25) is 0 Å². The van der Waals surface area contributed by atoms with E-state index >= 15 is 0 Å². The summed E-state index contributed by atoms with van der Waals surface area (Å²) < 4.78 is 33.8. The highest BCUT2D eigenvalue weighted by molar-refractivity contribution is 6.01. The number of hydrogen-bond donors (Lipinski definition) is 1. The quantitative estimate of drug-likeness (QED) is 0.578. The molecule has 0 atom stereocenters. The van der Waals surface area contributed by atoms with Crippen LogP contribution in [-0.2, 0) is 11.2 Å².